The van der Waals surface area contributed by atoms with Crippen LogP contribution in [-0.2, 0) is 10.0 Å². The Kier molecular flexibility index (Phi) is 5.03. The van der Waals surface area contributed by atoms with Gasteiger partial charge in [0.1, 0.15) is 0 Å². The molecule has 1 atom stereocenters. The number of hydrogen-bond donors (Lipinski definition) is 2. The van der Waals surface area contributed by atoms with Gasteiger partial charge in [0.2, 0.25) is 0 Å². The monoisotopic (exact) mass is 337 g/mol. The van der Waals surface area contributed by atoms with E-state index in [2.05, 4.69) is 9.71 Å². The third-order valence-electron chi connectivity index (χ3n) is 3.11. The summed E-state index contributed by atoms with van der Waals surface area (Å²) in [5.41, 5.74) is 0. The number of aliphatic hydroxyl groups excluding tert-OH is 1. The highest BCUT2D eigenvalue weighted by atomic mass is 35.5. The summed E-state index contributed by atoms with van der Waals surface area (Å²) in [6, 6.07) is 0. The summed E-state index contributed by atoms with van der Waals surface area (Å²) < 4.78 is 28.7. The van der Waals surface area contributed by atoms with Gasteiger partial charge in [-0.15, -0.1) is 11.3 Å². The SMILES string of the molecule is CCC(CCO)CNS(=O)(=O)c1c(Cl)nc2sccn12. The molecule has 0 aliphatic heterocycles. The van der Waals surface area contributed by atoms with Gasteiger partial charge in [-0.05, 0) is 12.3 Å². The van der Waals surface area contributed by atoms with E-state index in [9.17, 15) is 8.42 Å². The standard InChI is InChI=1S/C11H16ClN3O3S2/c1-2-8(3-5-16)7-13-20(17,18)10-9(12)14-11-15(10)4-6-19-11/h4,6,8,13,16H,2-3,5,7H2,1H3. The van der Waals surface area contributed by atoms with Crippen LogP contribution >= 0.6 is 22.9 Å². The van der Waals surface area contributed by atoms with E-state index < -0.39 is 10.0 Å². The minimum absolute atomic E-state index is 0.0282. The fourth-order valence-electron chi connectivity index (χ4n) is 1.91. The quantitative estimate of drug-likeness (QED) is 0.806. The van der Waals surface area contributed by atoms with E-state index in [1.54, 1.807) is 11.6 Å². The first-order valence-corrected chi connectivity index (χ1v) is 8.95. The molecule has 0 fully saturated rings. The minimum Gasteiger partial charge on any atom is -0.396 e. The smallest absolute Gasteiger partial charge is 0.259 e. The van der Waals surface area contributed by atoms with Gasteiger partial charge in [0, 0.05) is 24.7 Å². The van der Waals surface area contributed by atoms with E-state index >= 15 is 0 Å². The molecule has 9 heteroatoms. The van der Waals surface area contributed by atoms with Crippen LogP contribution in [0.25, 0.3) is 4.96 Å². The molecule has 2 heterocycles. The van der Waals surface area contributed by atoms with Crippen molar-refractivity contribution in [2.24, 2.45) is 5.92 Å². The van der Waals surface area contributed by atoms with Crippen LogP contribution < -0.4 is 4.72 Å². The number of sulfonamides is 1. The lowest BCUT2D eigenvalue weighted by Gasteiger charge is -2.14. The Labute approximate surface area is 126 Å². The molecule has 2 aromatic heterocycles. The molecule has 0 aromatic carbocycles. The van der Waals surface area contributed by atoms with Crippen LogP contribution in [0, 0.1) is 5.92 Å². The lowest BCUT2D eigenvalue weighted by Crippen LogP contribution is -2.30. The van der Waals surface area contributed by atoms with E-state index in [-0.39, 0.29) is 29.2 Å². The molecule has 0 amide bonds. The van der Waals surface area contributed by atoms with Gasteiger partial charge in [-0.3, -0.25) is 4.40 Å². The molecular weight excluding hydrogens is 322 g/mol. The second-order valence-corrected chi connectivity index (χ2v) is 7.32. The maximum Gasteiger partial charge on any atom is 0.259 e. The molecule has 0 saturated carbocycles. The van der Waals surface area contributed by atoms with E-state index in [4.69, 9.17) is 16.7 Å². The van der Waals surface area contributed by atoms with Crippen LogP contribution in [0.15, 0.2) is 16.6 Å². The van der Waals surface area contributed by atoms with Crippen LogP contribution in [0.1, 0.15) is 19.8 Å². The average Bonchev–Trinajstić information content (AvgIpc) is 2.93. The van der Waals surface area contributed by atoms with Crippen molar-refractivity contribution >= 4 is 37.9 Å². The Morgan fingerprint density at radius 3 is 3.00 bits per heavy atom. The van der Waals surface area contributed by atoms with E-state index in [0.717, 1.165) is 6.42 Å². The lowest BCUT2D eigenvalue weighted by atomic mass is 10.0. The van der Waals surface area contributed by atoms with Gasteiger partial charge in [0.15, 0.2) is 15.1 Å². The highest BCUT2D eigenvalue weighted by Crippen LogP contribution is 2.25. The Balaban J connectivity index is 2.22. The van der Waals surface area contributed by atoms with Crippen molar-refractivity contribution in [3.05, 3.63) is 16.7 Å². The lowest BCUT2D eigenvalue weighted by molar-refractivity contribution is 0.254. The normalized spacial score (nSPS) is 13.9. The van der Waals surface area contributed by atoms with Gasteiger partial charge < -0.3 is 5.11 Å². The van der Waals surface area contributed by atoms with E-state index in [1.807, 2.05) is 6.92 Å². The second kappa shape index (κ2) is 6.40. The summed E-state index contributed by atoms with van der Waals surface area (Å²) in [7, 11) is -3.72. The van der Waals surface area contributed by atoms with Crippen molar-refractivity contribution in [2.45, 2.75) is 24.8 Å². The predicted molar refractivity (Wildman–Crippen MR) is 78.8 cm³/mol. The topological polar surface area (TPSA) is 83.7 Å². The van der Waals surface area contributed by atoms with Crippen molar-refractivity contribution in [1.82, 2.24) is 14.1 Å². The number of aromatic nitrogens is 2. The molecule has 1 unspecified atom stereocenters. The van der Waals surface area contributed by atoms with Crippen LogP contribution in [0.3, 0.4) is 0 Å². The van der Waals surface area contributed by atoms with Gasteiger partial charge >= 0.3 is 0 Å². The Bertz CT molecular complexity index is 680. The fraction of sp³-hybridized carbons (Fsp3) is 0.545. The van der Waals surface area contributed by atoms with Crippen molar-refractivity contribution in [2.75, 3.05) is 13.2 Å². The van der Waals surface area contributed by atoms with Crippen LogP contribution in [0.4, 0.5) is 0 Å². The molecule has 2 N–H and O–H groups in total. The molecule has 2 aromatic rings. The predicted octanol–water partition coefficient (Wildman–Crippen LogP) is 1.74. The van der Waals surface area contributed by atoms with E-state index in [0.29, 0.717) is 11.4 Å². The largest absolute Gasteiger partial charge is 0.396 e. The second-order valence-electron chi connectivity index (χ2n) is 4.40. The minimum atomic E-state index is -3.72. The highest BCUT2D eigenvalue weighted by molar-refractivity contribution is 7.89. The van der Waals surface area contributed by atoms with Gasteiger partial charge in [0.25, 0.3) is 10.0 Å². The van der Waals surface area contributed by atoms with E-state index in [1.165, 1.54) is 15.7 Å². The first-order valence-electron chi connectivity index (χ1n) is 6.21. The maximum atomic E-state index is 12.3. The number of halogens is 1. The van der Waals surface area contributed by atoms with Crippen LogP contribution in [0.2, 0.25) is 5.15 Å². The molecule has 0 saturated heterocycles. The molecule has 0 radical (unpaired) electrons. The molecule has 20 heavy (non-hydrogen) atoms. The van der Waals surface area contributed by atoms with Crippen molar-refractivity contribution < 1.29 is 13.5 Å². The first kappa shape index (κ1) is 15.7. The number of rotatable bonds is 7. The number of thiazole rings is 1. The van der Waals surface area contributed by atoms with Gasteiger partial charge in [-0.25, -0.2) is 18.1 Å². The third kappa shape index (κ3) is 3.15. The summed E-state index contributed by atoms with van der Waals surface area (Å²) in [6.07, 6.45) is 2.97. The Morgan fingerprint density at radius 2 is 2.35 bits per heavy atom. The number of fused-ring (bicyclic) bond motifs is 1. The first-order chi connectivity index (χ1) is 9.49. The molecule has 6 nitrogen and oxygen atoms in total. The number of imidazole rings is 1. The molecule has 0 bridgehead atoms. The third-order valence-corrected chi connectivity index (χ3v) is 5.69. The average molecular weight is 338 g/mol. The fourth-order valence-corrected chi connectivity index (χ4v) is 4.47. The molecule has 112 valence electrons. The zero-order valence-electron chi connectivity index (χ0n) is 10.9. The maximum absolute atomic E-state index is 12.3. The molecular formula is C11H16ClN3O3S2. The molecule has 2 rings (SSSR count). The van der Waals surface area contributed by atoms with Crippen molar-refractivity contribution in [3.63, 3.8) is 0 Å². The summed E-state index contributed by atoms with van der Waals surface area (Å²) in [4.78, 5) is 4.55. The highest BCUT2D eigenvalue weighted by Gasteiger charge is 2.25. The van der Waals surface area contributed by atoms with Gasteiger partial charge in [-0.1, -0.05) is 24.9 Å². The molecule has 0 aliphatic carbocycles. The number of hydrogen-bond acceptors (Lipinski definition) is 5. The van der Waals surface area contributed by atoms with Crippen LogP contribution in [0.5, 0.6) is 0 Å². The Morgan fingerprint density at radius 1 is 1.60 bits per heavy atom. The van der Waals surface area contributed by atoms with Gasteiger partial charge in [-0.2, -0.15) is 0 Å². The number of nitrogens with zero attached hydrogens (tertiary/aromatic N) is 2. The summed E-state index contributed by atoms with van der Waals surface area (Å²) >= 11 is 7.24. The molecule has 0 aliphatic rings. The van der Waals surface area contributed by atoms with Crippen LogP contribution in [-0.4, -0.2) is 36.1 Å². The van der Waals surface area contributed by atoms with Crippen molar-refractivity contribution in [1.29, 1.82) is 0 Å². The Hall–Kier alpha value is -0.670. The summed E-state index contributed by atoms with van der Waals surface area (Å²) in [5, 5.41) is 10.6. The number of aliphatic hydroxyl groups is 1. The molecule has 0 spiro atoms. The van der Waals surface area contributed by atoms with Crippen molar-refractivity contribution in [3.8, 4) is 0 Å². The zero-order valence-corrected chi connectivity index (χ0v) is 13.3. The van der Waals surface area contributed by atoms with Gasteiger partial charge in [0.05, 0.1) is 0 Å². The summed E-state index contributed by atoms with van der Waals surface area (Å²) in [5.74, 6) is 0.0967. The number of nitrogens with one attached hydrogen (secondary N) is 1. The summed E-state index contributed by atoms with van der Waals surface area (Å²) in [6.45, 7) is 2.27. The zero-order chi connectivity index (χ0) is 14.8.